The molecule has 94 valence electrons. The van der Waals surface area contributed by atoms with Crippen LogP contribution in [0.15, 0.2) is 46.2 Å². The van der Waals surface area contributed by atoms with Gasteiger partial charge in [-0.2, -0.15) is 0 Å². The first-order valence-corrected chi connectivity index (χ1v) is 7.07. The minimum Gasteiger partial charge on any atom is -0.392 e. The summed E-state index contributed by atoms with van der Waals surface area (Å²) >= 11 is 19.6. The van der Waals surface area contributed by atoms with Crippen LogP contribution in [0.4, 0.5) is 0 Å². The van der Waals surface area contributed by atoms with Crippen LogP contribution in [-0.4, -0.2) is 5.11 Å². The fourth-order valence-corrected chi connectivity index (χ4v) is 3.13. The zero-order chi connectivity index (χ0) is 13.1. The molecule has 0 radical (unpaired) electrons. The molecule has 2 rings (SSSR count). The number of rotatable bonds is 3. The van der Waals surface area contributed by atoms with Gasteiger partial charge in [0, 0.05) is 14.8 Å². The summed E-state index contributed by atoms with van der Waals surface area (Å²) in [6.45, 7) is -0.0780. The summed E-state index contributed by atoms with van der Waals surface area (Å²) in [4.78, 5) is 1.78. The lowest BCUT2D eigenvalue weighted by Gasteiger charge is -2.08. The Morgan fingerprint density at radius 1 is 0.944 bits per heavy atom. The van der Waals surface area contributed by atoms with Gasteiger partial charge in [-0.3, -0.25) is 0 Å². The molecule has 0 bridgehead atoms. The topological polar surface area (TPSA) is 20.2 Å². The molecular weight excluding hydrogens is 311 g/mol. The van der Waals surface area contributed by atoms with Gasteiger partial charge in [-0.15, -0.1) is 0 Å². The van der Waals surface area contributed by atoms with E-state index >= 15 is 0 Å². The van der Waals surface area contributed by atoms with Gasteiger partial charge >= 0.3 is 0 Å². The minimum atomic E-state index is -0.0780. The molecule has 0 amide bonds. The first kappa shape index (κ1) is 14.0. The maximum atomic E-state index is 9.06. The third-order valence-corrected chi connectivity index (χ3v) is 4.50. The van der Waals surface area contributed by atoms with E-state index in [0.29, 0.717) is 20.6 Å². The van der Waals surface area contributed by atoms with E-state index in [0.717, 1.165) is 9.79 Å². The second-order valence-corrected chi connectivity index (χ2v) is 5.94. The summed E-state index contributed by atoms with van der Waals surface area (Å²) < 4.78 is 0. The summed E-state index contributed by atoms with van der Waals surface area (Å²) in [5.41, 5.74) is 0.699. The molecule has 0 aliphatic rings. The van der Waals surface area contributed by atoms with Crippen molar-refractivity contribution in [3.63, 3.8) is 0 Å². The van der Waals surface area contributed by atoms with Gasteiger partial charge in [-0.1, -0.05) is 46.6 Å². The van der Waals surface area contributed by atoms with Crippen molar-refractivity contribution in [2.45, 2.75) is 16.4 Å². The Labute approximate surface area is 125 Å². The van der Waals surface area contributed by atoms with E-state index in [1.165, 1.54) is 11.8 Å². The predicted molar refractivity (Wildman–Crippen MR) is 78.0 cm³/mol. The Bertz CT molecular complexity index is 532. The van der Waals surface area contributed by atoms with Crippen molar-refractivity contribution in [3.8, 4) is 0 Å². The number of hydrogen-bond acceptors (Lipinski definition) is 2. The van der Waals surface area contributed by atoms with Gasteiger partial charge in [0.15, 0.2) is 0 Å². The molecule has 2 aromatic rings. The molecule has 0 aliphatic heterocycles. The Morgan fingerprint density at radius 3 is 2.00 bits per heavy atom. The monoisotopic (exact) mass is 318 g/mol. The smallest absolute Gasteiger partial charge is 0.0682 e. The Morgan fingerprint density at radius 2 is 1.50 bits per heavy atom. The van der Waals surface area contributed by atoms with Crippen LogP contribution in [0.1, 0.15) is 5.56 Å². The number of halogens is 3. The van der Waals surface area contributed by atoms with Gasteiger partial charge in [0.25, 0.3) is 0 Å². The molecule has 0 unspecified atom stereocenters. The molecule has 0 saturated carbocycles. The zero-order valence-corrected chi connectivity index (χ0v) is 12.2. The molecule has 0 saturated heterocycles. The summed E-state index contributed by atoms with van der Waals surface area (Å²) in [6.07, 6.45) is 0. The van der Waals surface area contributed by atoms with Crippen LogP contribution in [0, 0.1) is 0 Å². The van der Waals surface area contributed by atoms with Crippen molar-refractivity contribution in [2.75, 3.05) is 0 Å². The summed E-state index contributed by atoms with van der Waals surface area (Å²) in [5.74, 6) is 0. The Balaban J connectivity index is 2.31. The average Bonchev–Trinajstić information content (AvgIpc) is 2.35. The third-order valence-electron chi connectivity index (χ3n) is 2.27. The van der Waals surface area contributed by atoms with Crippen LogP contribution in [0.25, 0.3) is 0 Å². The highest BCUT2D eigenvalue weighted by Crippen LogP contribution is 2.39. The van der Waals surface area contributed by atoms with Crippen molar-refractivity contribution >= 4 is 46.6 Å². The minimum absolute atomic E-state index is 0.0780. The van der Waals surface area contributed by atoms with Gasteiger partial charge in [0.1, 0.15) is 0 Å². The van der Waals surface area contributed by atoms with Gasteiger partial charge in [0.05, 0.1) is 16.7 Å². The van der Waals surface area contributed by atoms with Crippen molar-refractivity contribution in [3.05, 3.63) is 57.0 Å². The lowest BCUT2D eigenvalue weighted by atomic mass is 10.2. The first-order valence-electron chi connectivity index (χ1n) is 5.12. The molecular formula is C13H9Cl3OS. The molecule has 0 aromatic heterocycles. The lowest BCUT2D eigenvalue weighted by molar-refractivity contribution is 0.282. The number of aliphatic hydroxyl groups excluding tert-OH is 1. The zero-order valence-electron chi connectivity index (χ0n) is 9.16. The highest BCUT2D eigenvalue weighted by atomic mass is 35.5. The molecule has 1 nitrogen and oxygen atoms in total. The second-order valence-electron chi connectivity index (χ2n) is 3.60. The molecule has 5 heteroatoms. The average molecular weight is 320 g/mol. The van der Waals surface area contributed by atoms with E-state index in [2.05, 4.69) is 0 Å². The SMILES string of the molecule is OCc1cc(Cl)c(Sc2ccc(Cl)cc2)c(Cl)c1. The third kappa shape index (κ3) is 3.34. The number of aliphatic hydroxyl groups is 1. The first-order chi connectivity index (χ1) is 8.60. The maximum Gasteiger partial charge on any atom is 0.0682 e. The predicted octanol–water partition coefficient (Wildman–Crippen LogP) is 5.29. The largest absolute Gasteiger partial charge is 0.392 e. The van der Waals surface area contributed by atoms with E-state index in [4.69, 9.17) is 39.9 Å². The van der Waals surface area contributed by atoms with E-state index in [9.17, 15) is 0 Å². The standard InChI is InChI=1S/C13H9Cl3OS/c14-9-1-3-10(4-2-9)18-13-11(15)5-8(7-17)6-12(13)16/h1-6,17H,7H2. The summed E-state index contributed by atoms with van der Waals surface area (Å²) in [5, 5.41) is 10.8. The molecule has 0 atom stereocenters. The highest BCUT2D eigenvalue weighted by Gasteiger charge is 2.10. The highest BCUT2D eigenvalue weighted by molar-refractivity contribution is 7.99. The molecule has 0 aliphatic carbocycles. The van der Waals surface area contributed by atoms with Gasteiger partial charge in [-0.05, 0) is 42.0 Å². The number of hydrogen-bond donors (Lipinski definition) is 1. The van der Waals surface area contributed by atoms with E-state index in [1.807, 2.05) is 24.3 Å². The van der Waals surface area contributed by atoms with E-state index in [-0.39, 0.29) is 6.61 Å². The summed E-state index contributed by atoms with van der Waals surface area (Å²) in [7, 11) is 0. The van der Waals surface area contributed by atoms with Gasteiger partial charge in [-0.25, -0.2) is 0 Å². The van der Waals surface area contributed by atoms with Crippen LogP contribution in [0.5, 0.6) is 0 Å². The van der Waals surface area contributed by atoms with Crippen molar-refractivity contribution in [1.82, 2.24) is 0 Å². The van der Waals surface area contributed by atoms with Gasteiger partial charge < -0.3 is 5.11 Å². The maximum absolute atomic E-state index is 9.06. The Hall–Kier alpha value is -0.380. The van der Waals surface area contributed by atoms with Crippen LogP contribution in [0.2, 0.25) is 15.1 Å². The second kappa shape index (κ2) is 6.18. The fraction of sp³-hybridized carbons (Fsp3) is 0.0769. The Kier molecular flexibility index (Phi) is 4.82. The normalized spacial score (nSPS) is 10.7. The van der Waals surface area contributed by atoms with E-state index < -0.39 is 0 Å². The van der Waals surface area contributed by atoms with Crippen molar-refractivity contribution in [2.24, 2.45) is 0 Å². The molecule has 0 spiro atoms. The fourth-order valence-electron chi connectivity index (χ4n) is 1.42. The molecule has 0 fully saturated rings. The van der Waals surface area contributed by atoms with Crippen LogP contribution < -0.4 is 0 Å². The molecule has 0 heterocycles. The number of benzene rings is 2. The molecule has 2 aromatic carbocycles. The quantitative estimate of drug-likeness (QED) is 0.829. The molecule has 18 heavy (non-hydrogen) atoms. The molecule has 1 N–H and O–H groups in total. The summed E-state index contributed by atoms with van der Waals surface area (Å²) in [6, 6.07) is 10.9. The van der Waals surface area contributed by atoms with Crippen molar-refractivity contribution < 1.29 is 5.11 Å². The van der Waals surface area contributed by atoms with Gasteiger partial charge in [0.2, 0.25) is 0 Å². The van der Waals surface area contributed by atoms with Crippen LogP contribution in [0.3, 0.4) is 0 Å². The van der Waals surface area contributed by atoms with Crippen LogP contribution >= 0.6 is 46.6 Å². The van der Waals surface area contributed by atoms with Crippen LogP contribution in [-0.2, 0) is 6.61 Å². The van der Waals surface area contributed by atoms with Crippen molar-refractivity contribution in [1.29, 1.82) is 0 Å². The lowest BCUT2D eigenvalue weighted by Crippen LogP contribution is -1.86. The van der Waals surface area contributed by atoms with E-state index in [1.54, 1.807) is 12.1 Å².